The number of methoxy groups -OCH3 is 1. The van der Waals surface area contributed by atoms with Gasteiger partial charge in [0.1, 0.15) is 11.3 Å². The van der Waals surface area contributed by atoms with E-state index < -0.39 is 12.1 Å². The molecule has 3 heterocycles. The monoisotopic (exact) mass is 355 g/mol. The predicted octanol–water partition coefficient (Wildman–Crippen LogP) is 1.78. The summed E-state index contributed by atoms with van der Waals surface area (Å²) in [6.45, 7) is 0.695. The first-order valence-electron chi connectivity index (χ1n) is 7.05. The zero-order valence-electron chi connectivity index (χ0n) is 12.9. The highest BCUT2D eigenvalue weighted by atomic mass is 19.4. The molecular weight excluding hydrogens is 343 g/mol. The summed E-state index contributed by atoms with van der Waals surface area (Å²) in [6, 6.07) is 3.02. The van der Waals surface area contributed by atoms with Gasteiger partial charge in [0, 0.05) is 31.6 Å². The van der Waals surface area contributed by atoms with Crippen molar-refractivity contribution in [3.63, 3.8) is 0 Å². The molecular formula is C14H12F3N5O3. The van der Waals surface area contributed by atoms with E-state index in [1.165, 1.54) is 36.0 Å². The third-order valence-electron chi connectivity index (χ3n) is 3.20. The van der Waals surface area contributed by atoms with E-state index in [1.807, 2.05) is 0 Å². The van der Waals surface area contributed by atoms with E-state index in [-0.39, 0.29) is 23.0 Å². The van der Waals surface area contributed by atoms with Crippen LogP contribution in [-0.2, 0) is 10.9 Å². The summed E-state index contributed by atoms with van der Waals surface area (Å²) in [6.07, 6.45) is -1.80. The second-order valence-electron chi connectivity index (χ2n) is 4.98. The van der Waals surface area contributed by atoms with Crippen LogP contribution < -0.4 is 5.32 Å². The van der Waals surface area contributed by atoms with Crippen molar-refractivity contribution < 1.29 is 27.2 Å². The number of aromatic nitrogens is 4. The molecule has 0 aliphatic carbocycles. The molecule has 0 aliphatic rings. The summed E-state index contributed by atoms with van der Waals surface area (Å²) in [7, 11) is 1.51. The van der Waals surface area contributed by atoms with E-state index in [1.54, 1.807) is 0 Å². The third kappa shape index (κ3) is 3.60. The van der Waals surface area contributed by atoms with Gasteiger partial charge in [0.2, 0.25) is 5.82 Å². The van der Waals surface area contributed by atoms with Crippen LogP contribution in [0.3, 0.4) is 0 Å². The molecule has 0 fully saturated rings. The quantitative estimate of drug-likeness (QED) is 0.701. The average Bonchev–Trinajstić information content (AvgIpc) is 3.20. The van der Waals surface area contributed by atoms with Gasteiger partial charge < -0.3 is 19.0 Å². The van der Waals surface area contributed by atoms with Gasteiger partial charge >= 0.3 is 12.1 Å². The van der Waals surface area contributed by atoms with Crippen LogP contribution >= 0.6 is 0 Å². The topological polar surface area (TPSA) is 94.5 Å². The van der Waals surface area contributed by atoms with Gasteiger partial charge in [-0.2, -0.15) is 18.2 Å². The molecule has 0 saturated heterocycles. The average molecular weight is 355 g/mol. The highest BCUT2D eigenvalue weighted by Gasteiger charge is 2.38. The minimum atomic E-state index is -4.71. The molecule has 0 unspecified atom stereocenters. The normalized spacial score (nSPS) is 11.8. The first-order chi connectivity index (χ1) is 11.9. The van der Waals surface area contributed by atoms with Gasteiger partial charge in [0.05, 0.1) is 6.61 Å². The van der Waals surface area contributed by atoms with Crippen LogP contribution in [0.15, 0.2) is 29.0 Å². The number of pyridine rings is 1. The smallest absolute Gasteiger partial charge is 0.383 e. The number of ether oxygens (including phenoxy) is 1. The first-order valence-corrected chi connectivity index (χ1v) is 7.05. The van der Waals surface area contributed by atoms with E-state index in [9.17, 15) is 18.0 Å². The second-order valence-corrected chi connectivity index (χ2v) is 4.98. The maximum absolute atomic E-state index is 12.5. The lowest BCUT2D eigenvalue weighted by Crippen LogP contribution is -2.27. The summed E-state index contributed by atoms with van der Waals surface area (Å²) >= 11 is 0. The van der Waals surface area contributed by atoms with Crippen LogP contribution in [0, 0.1) is 0 Å². The molecule has 0 spiro atoms. The number of carbonyl (C=O) groups is 1. The molecule has 25 heavy (non-hydrogen) atoms. The molecule has 3 rings (SSSR count). The van der Waals surface area contributed by atoms with Crippen molar-refractivity contribution in [2.45, 2.75) is 6.18 Å². The van der Waals surface area contributed by atoms with E-state index in [4.69, 9.17) is 4.74 Å². The van der Waals surface area contributed by atoms with Crippen LogP contribution in [0.1, 0.15) is 16.4 Å². The highest BCUT2D eigenvalue weighted by molar-refractivity contribution is 5.92. The van der Waals surface area contributed by atoms with Crippen LogP contribution in [-0.4, -0.2) is 45.7 Å². The van der Waals surface area contributed by atoms with Crippen LogP contribution in [0.25, 0.3) is 17.0 Å². The molecule has 0 aromatic carbocycles. The van der Waals surface area contributed by atoms with Crippen molar-refractivity contribution in [2.24, 2.45) is 0 Å². The van der Waals surface area contributed by atoms with E-state index >= 15 is 0 Å². The Labute approximate surface area is 138 Å². The summed E-state index contributed by atoms with van der Waals surface area (Å²) in [5.74, 6) is -2.03. The van der Waals surface area contributed by atoms with E-state index in [0.717, 1.165) is 0 Å². The van der Waals surface area contributed by atoms with E-state index in [2.05, 4.69) is 25.0 Å². The van der Waals surface area contributed by atoms with Gasteiger partial charge in [-0.25, -0.2) is 4.98 Å². The molecule has 0 atom stereocenters. The number of fused-ring (bicyclic) bond motifs is 1. The minimum Gasteiger partial charge on any atom is -0.383 e. The number of imidazole rings is 1. The van der Waals surface area contributed by atoms with Gasteiger partial charge in [-0.05, 0) is 12.1 Å². The van der Waals surface area contributed by atoms with Crippen LogP contribution in [0.4, 0.5) is 13.2 Å². The van der Waals surface area contributed by atoms with Gasteiger partial charge in [0.15, 0.2) is 0 Å². The summed E-state index contributed by atoms with van der Waals surface area (Å²) in [4.78, 5) is 19.4. The fourth-order valence-electron chi connectivity index (χ4n) is 2.05. The number of alkyl halides is 3. The Bertz CT molecular complexity index is 903. The maximum Gasteiger partial charge on any atom is 0.471 e. The minimum absolute atomic E-state index is 0.164. The number of hydrogen-bond donors (Lipinski definition) is 1. The summed E-state index contributed by atoms with van der Waals surface area (Å²) in [5.41, 5.74) is 0.896. The molecule has 0 radical (unpaired) electrons. The van der Waals surface area contributed by atoms with Gasteiger partial charge in [-0.1, -0.05) is 5.16 Å². The number of amides is 1. The Hall–Kier alpha value is -2.95. The molecule has 0 saturated carbocycles. The lowest BCUT2D eigenvalue weighted by molar-refractivity contribution is -0.159. The van der Waals surface area contributed by atoms with Crippen LogP contribution in [0.5, 0.6) is 0 Å². The molecule has 8 nitrogen and oxygen atoms in total. The number of carbonyl (C=O) groups excluding carboxylic acids is 1. The Morgan fingerprint density at radius 2 is 2.12 bits per heavy atom. The lowest BCUT2D eigenvalue weighted by atomic mass is 10.3. The van der Waals surface area contributed by atoms with Crippen molar-refractivity contribution in [2.75, 3.05) is 20.3 Å². The lowest BCUT2D eigenvalue weighted by Gasteiger charge is -2.00. The molecule has 1 N–H and O–H groups in total. The fraction of sp³-hybridized carbons (Fsp3) is 0.286. The first kappa shape index (κ1) is 16.9. The molecule has 1 amide bonds. The molecule has 3 aromatic rings. The standard InChI is InChI=1S/C14H12F3N5O3/c1-24-5-4-18-12(23)9-7-22-6-8(2-3-10(22)19-9)11-20-13(25-21-11)14(15,16)17/h2-3,6-7H,4-5H2,1H3,(H,18,23). The van der Waals surface area contributed by atoms with Crippen molar-refractivity contribution in [1.29, 1.82) is 0 Å². The maximum atomic E-state index is 12.5. The zero-order chi connectivity index (χ0) is 18.0. The van der Waals surface area contributed by atoms with Crippen molar-refractivity contribution in [3.8, 4) is 11.4 Å². The SMILES string of the molecule is COCCNC(=O)c1cn2cc(-c3noc(C(F)(F)F)n3)ccc2n1. The molecule has 3 aromatic heterocycles. The van der Waals surface area contributed by atoms with Gasteiger partial charge in [-0.15, -0.1) is 0 Å². The largest absolute Gasteiger partial charge is 0.471 e. The number of nitrogens with zero attached hydrogens (tertiary/aromatic N) is 4. The van der Waals surface area contributed by atoms with Crippen molar-refractivity contribution in [1.82, 2.24) is 24.8 Å². The zero-order valence-corrected chi connectivity index (χ0v) is 12.9. The highest BCUT2D eigenvalue weighted by Crippen LogP contribution is 2.29. The van der Waals surface area contributed by atoms with Crippen molar-refractivity contribution >= 4 is 11.6 Å². The summed E-state index contributed by atoms with van der Waals surface area (Å²) < 4.78 is 48.1. The Kier molecular flexibility index (Phi) is 4.40. The Balaban J connectivity index is 1.85. The van der Waals surface area contributed by atoms with Gasteiger partial charge in [0.25, 0.3) is 5.91 Å². The number of hydrogen-bond acceptors (Lipinski definition) is 6. The van der Waals surface area contributed by atoms with Crippen molar-refractivity contribution in [3.05, 3.63) is 36.1 Å². The predicted molar refractivity (Wildman–Crippen MR) is 77.7 cm³/mol. The molecule has 11 heteroatoms. The number of rotatable bonds is 5. The number of nitrogens with one attached hydrogen (secondary N) is 1. The molecule has 0 aliphatic heterocycles. The molecule has 0 bridgehead atoms. The second kappa shape index (κ2) is 6.51. The van der Waals surface area contributed by atoms with Gasteiger partial charge in [-0.3, -0.25) is 4.79 Å². The Morgan fingerprint density at radius 1 is 1.32 bits per heavy atom. The van der Waals surface area contributed by atoms with E-state index in [0.29, 0.717) is 18.8 Å². The van der Waals surface area contributed by atoms with Crippen LogP contribution in [0.2, 0.25) is 0 Å². The Morgan fingerprint density at radius 3 is 2.80 bits per heavy atom. The fourth-order valence-corrected chi connectivity index (χ4v) is 2.05. The number of halogens is 3. The molecule has 132 valence electrons. The summed E-state index contributed by atoms with van der Waals surface area (Å²) in [5, 5.41) is 5.94. The third-order valence-corrected chi connectivity index (χ3v) is 3.20.